The molecule has 6 heteroatoms. The van der Waals surface area contributed by atoms with Gasteiger partial charge in [-0.2, -0.15) is 0 Å². The van der Waals surface area contributed by atoms with Gasteiger partial charge in [0.25, 0.3) is 0 Å². The number of nitrogens with zero attached hydrogens (tertiary/aromatic N) is 2. The first kappa shape index (κ1) is 22.2. The van der Waals surface area contributed by atoms with Crippen molar-refractivity contribution < 1.29 is 19.1 Å². The van der Waals surface area contributed by atoms with Crippen LogP contribution in [0.1, 0.15) is 90.9 Å². The molecule has 0 radical (unpaired) electrons. The second kappa shape index (κ2) is 9.89. The molecule has 0 unspecified atom stereocenters. The first-order valence-corrected chi connectivity index (χ1v) is 10.5. The number of esters is 1. The van der Waals surface area contributed by atoms with Gasteiger partial charge >= 0.3 is 5.97 Å². The van der Waals surface area contributed by atoms with Gasteiger partial charge in [-0.1, -0.05) is 26.2 Å². The average Bonchev–Trinajstić information content (AvgIpc) is 3.45. The highest BCUT2D eigenvalue weighted by atomic mass is 16.5. The number of carbonyl (C=O) groups excluding carboxylic acids is 3. The van der Waals surface area contributed by atoms with Crippen molar-refractivity contribution in [2.24, 2.45) is 7.05 Å². The molecule has 0 aromatic carbocycles. The molecule has 1 aliphatic rings. The van der Waals surface area contributed by atoms with Crippen LogP contribution >= 0.6 is 0 Å². The largest absolute Gasteiger partial charge is 0.461 e. The van der Waals surface area contributed by atoms with E-state index in [2.05, 4.69) is 6.92 Å². The molecule has 1 saturated carbocycles. The maximum atomic E-state index is 13.1. The fourth-order valence-corrected chi connectivity index (χ4v) is 3.76. The molecule has 0 saturated heterocycles. The summed E-state index contributed by atoms with van der Waals surface area (Å²) in [7, 11) is 1.77. The summed E-state index contributed by atoms with van der Waals surface area (Å²) in [5, 5.41) is 0. The Balaban J connectivity index is 2.15. The van der Waals surface area contributed by atoms with Gasteiger partial charge in [0.15, 0.2) is 5.78 Å². The Morgan fingerprint density at radius 2 is 1.79 bits per heavy atom. The molecule has 1 aromatic heterocycles. The van der Waals surface area contributed by atoms with E-state index in [1.165, 1.54) is 0 Å². The maximum Gasteiger partial charge on any atom is 0.355 e. The Morgan fingerprint density at radius 1 is 1.11 bits per heavy atom. The van der Waals surface area contributed by atoms with Crippen molar-refractivity contribution in [1.29, 1.82) is 0 Å². The van der Waals surface area contributed by atoms with Gasteiger partial charge in [-0.15, -0.1) is 0 Å². The first-order chi connectivity index (χ1) is 13.3. The number of hydrogen-bond donors (Lipinski definition) is 0. The van der Waals surface area contributed by atoms with Crippen LogP contribution in [0.4, 0.5) is 0 Å². The highest BCUT2D eigenvalue weighted by Gasteiger charge is 2.35. The number of ketones is 1. The lowest BCUT2D eigenvalue weighted by atomic mass is 10.0. The Labute approximate surface area is 168 Å². The van der Waals surface area contributed by atoms with E-state index in [-0.39, 0.29) is 30.9 Å². The first-order valence-electron chi connectivity index (χ1n) is 10.5. The molecule has 1 fully saturated rings. The summed E-state index contributed by atoms with van der Waals surface area (Å²) in [5.41, 5.74) is 2.31. The van der Waals surface area contributed by atoms with E-state index in [4.69, 9.17) is 4.74 Å². The minimum Gasteiger partial charge on any atom is -0.461 e. The minimum atomic E-state index is -0.421. The third-order valence-electron chi connectivity index (χ3n) is 5.54. The molecule has 0 bridgehead atoms. The standard InChI is InChI=1S/C22H34N2O4/c1-6-8-9-10-11-19(26)24(17-12-13-17)14-18(25)20-15(3)21(22(27)28-7-2)23(5)16(20)4/h17H,6-14H2,1-5H3. The number of Topliss-reactive ketones (excluding diaryl/α,β-unsaturated/α-hetero) is 1. The third-order valence-corrected chi connectivity index (χ3v) is 5.54. The Hall–Kier alpha value is -2.11. The van der Waals surface area contributed by atoms with Crippen LogP contribution in [0.15, 0.2) is 0 Å². The topological polar surface area (TPSA) is 68.6 Å². The monoisotopic (exact) mass is 390 g/mol. The van der Waals surface area contributed by atoms with Crippen LogP contribution in [0, 0.1) is 13.8 Å². The predicted molar refractivity (Wildman–Crippen MR) is 109 cm³/mol. The maximum absolute atomic E-state index is 13.1. The summed E-state index contributed by atoms with van der Waals surface area (Å²) in [6.07, 6.45) is 6.63. The van der Waals surface area contributed by atoms with Gasteiger partial charge in [0.2, 0.25) is 5.91 Å². The molecule has 1 aliphatic carbocycles. The van der Waals surface area contributed by atoms with E-state index in [9.17, 15) is 14.4 Å². The molecular weight excluding hydrogens is 356 g/mol. The Morgan fingerprint density at radius 3 is 2.36 bits per heavy atom. The van der Waals surface area contributed by atoms with Crippen molar-refractivity contribution >= 4 is 17.7 Å². The molecule has 0 atom stereocenters. The summed E-state index contributed by atoms with van der Waals surface area (Å²) in [5.74, 6) is -0.450. The van der Waals surface area contributed by atoms with Gasteiger partial charge in [-0.25, -0.2) is 4.79 Å². The van der Waals surface area contributed by atoms with Crippen molar-refractivity contribution in [3.05, 3.63) is 22.5 Å². The molecule has 1 aromatic rings. The van der Waals surface area contributed by atoms with Gasteiger partial charge in [-0.05, 0) is 45.6 Å². The second-order valence-corrected chi connectivity index (χ2v) is 7.70. The molecule has 0 spiro atoms. The van der Waals surface area contributed by atoms with Crippen molar-refractivity contribution in [1.82, 2.24) is 9.47 Å². The van der Waals surface area contributed by atoms with E-state index < -0.39 is 5.97 Å². The summed E-state index contributed by atoms with van der Waals surface area (Å²) in [4.78, 5) is 39.8. The van der Waals surface area contributed by atoms with Crippen molar-refractivity contribution in [3.8, 4) is 0 Å². The van der Waals surface area contributed by atoms with Crippen LogP contribution in [-0.2, 0) is 16.6 Å². The number of aromatic nitrogens is 1. The van der Waals surface area contributed by atoms with Crippen LogP contribution in [0.3, 0.4) is 0 Å². The lowest BCUT2D eigenvalue weighted by molar-refractivity contribution is -0.131. The Kier molecular flexibility index (Phi) is 7.84. The molecule has 1 amide bonds. The number of hydrogen-bond acceptors (Lipinski definition) is 4. The van der Waals surface area contributed by atoms with Gasteiger partial charge in [0, 0.05) is 30.8 Å². The molecule has 2 rings (SSSR count). The second-order valence-electron chi connectivity index (χ2n) is 7.70. The van der Waals surface area contributed by atoms with Crippen LogP contribution in [0.5, 0.6) is 0 Å². The molecule has 156 valence electrons. The highest BCUT2D eigenvalue weighted by Crippen LogP contribution is 2.29. The van der Waals surface area contributed by atoms with Crippen LogP contribution in [0.25, 0.3) is 0 Å². The Bertz CT molecular complexity index is 731. The average molecular weight is 391 g/mol. The van der Waals surface area contributed by atoms with Gasteiger partial charge < -0.3 is 14.2 Å². The van der Waals surface area contributed by atoms with Crippen LogP contribution in [-0.4, -0.2) is 46.3 Å². The van der Waals surface area contributed by atoms with E-state index in [1.54, 1.807) is 30.4 Å². The minimum absolute atomic E-state index is 0.0730. The summed E-state index contributed by atoms with van der Waals surface area (Å²) < 4.78 is 6.85. The zero-order valence-corrected chi connectivity index (χ0v) is 18.0. The molecule has 6 nitrogen and oxygen atoms in total. The lowest BCUT2D eigenvalue weighted by Gasteiger charge is -2.22. The summed E-state index contributed by atoms with van der Waals surface area (Å²) >= 11 is 0. The fraction of sp³-hybridized carbons (Fsp3) is 0.682. The number of unbranched alkanes of at least 4 members (excludes halogenated alkanes) is 3. The fourth-order valence-electron chi connectivity index (χ4n) is 3.76. The molecule has 28 heavy (non-hydrogen) atoms. The molecular formula is C22H34N2O4. The van der Waals surface area contributed by atoms with Gasteiger partial charge in [0.05, 0.1) is 13.2 Å². The molecule has 0 N–H and O–H groups in total. The van der Waals surface area contributed by atoms with Crippen molar-refractivity contribution in [2.45, 2.75) is 78.7 Å². The highest BCUT2D eigenvalue weighted by molar-refractivity contribution is 6.04. The number of amides is 1. The van der Waals surface area contributed by atoms with Gasteiger partial charge in [-0.3, -0.25) is 9.59 Å². The van der Waals surface area contributed by atoms with E-state index in [1.807, 2.05) is 6.92 Å². The van der Waals surface area contributed by atoms with E-state index >= 15 is 0 Å². The lowest BCUT2D eigenvalue weighted by Crippen LogP contribution is -2.37. The SMILES string of the molecule is CCCCCCC(=O)N(CC(=O)c1c(C)c(C(=O)OCC)n(C)c1C)C1CC1. The summed E-state index contributed by atoms with van der Waals surface area (Å²) in [6.45, 7) is 7.89. The van der Waals surface area contributed by atoms with Gasteiger partial charge in [0.1, 0.15) is 5.69 Å². The van der Waals surface area contributed by atoms with Crippen LogP contribution in [0.2, 0.25) is 0 Å². The van der Waals surface area contributed by atoms with Crippen molar-refractivity contribution in [3.63, 3.8) is 0 Å². The smallest absolute Gasteiger partial charge is 0.355 e. The number of rotatable bonds is 11. The zero-order valence-electron chi connectivity index (χ0n) is 18.0. The predicted octanol–water partition coefficient (Wildman–Crippen LogP) is 3.96. The number of ether oxygens (including phenoxy) is 1. The van der Waals surface area contributed by atoms with E-state index in [0.29, 0.717) is 23.2 Å². The van der Waals surface area contributed by atoms with Crippen molar-refractivity contribution in [2.75, 3.05) is 13.2 Å². The third kappa shape index (κ3) is 5.03. The molecule has 0 aliphatic heterocycles. The zero-order chi connectivity index (χ0) is 20.8. The normalized spacial score (nSPS) is 13.5. The molecule has 1 heterocycles. The van der Waals surface area contributed by atoms with Crippen LogP contribution < -0.4 is 0 Å². The van der Waals surface area contributed by atoms with E-state index in [0.717, 1.165) is 44.2 Å². The summed E-state index contributed by atoms with van der Waals surface area (Å²) in [6, 6.07) is 0.191. The number of carbonyl (C=O) groups is 3. The quantitative estimate of drug-likeness (QED) is 0.326.